The summed E-state index contributed by atoms with van der Waals surface area (Å²) in [4.78, 5) is 0. The minimum atomic E-state index is -0.477. The number of nitrogens with zero attached hydrogens (tertiary/aromatic N) is 2. The van der Waals surface area contributed by atoms with Gasteiger partial charge in [0.05, 0.1) is 18.4 Å². The Morgan fingerprint density at radius 2 is 2.24 bits per heavy atom. The monoisotopic (exact) mass is 286 g/mol. The highest BCUT2D eigenvalue weighted by Gasteiger charge is 2.25. The first-order valence-corrected chi connectivity index (χ1v) is 7.71. The number of hydrogen-bond donors (Lipinski definition) is 1. The van der Waals surface area contributed by atoms with Crippen molar-refractivity contribution in [3.63, 3.8) is 0 Å². The normalized spacial score (nSPS) is 18.9. The second-order valence-corrected chi connectivity index (χ2v) is 5.60. The molecule has 112 valence electrons. The number of aliphatic hydroxyl groups is 1. The molecule has 0 radical (unpaired) electrons. The molecule has 4 heteroatoms. The van der Waals surface area contributed by atoms with Crippen LogP contribution in [0.25, 0.3) is 0 Å². The molecule has 2 atom stereocenters. The second kappa shape index (κ2) is 6.31. The van der Waals surface area contributed by atoms with Gasteiger partial charge < -0.3 is 9.84 Å². The van der Waals surface area contributed by atoms with Crippen molar-refractivity contribution in [2.75, 3.05) is 6.61 Å². The largest absolute Gasteiger partial charge is 0.493 e. The van der Waals surface area contributed by atoms with E-state index in [1.54, 1.807) is 6.20 Å². The number of rotatable bonds is 5. The summed E-state index contributed by atoms with van der Waals surface area (Å²) in [6.07, 6.45) is 3.98. The Bertz CT molecular complexity index is 594. The SMILES string of the molecule is CCCn1nccc1C(O)CC1CCOc2ccccc21. The van der Waals surface area contributed by atoms with Gasteiger partial charge in [0.25, 0.3) is 0 Å². The first-order valence-electron chi connectivity index (χ1n) is 7.71. The van der Waals surface area contributed by atoms with E-state index in [1.807, 2.05) is 28.9 Å². The third kappa shape index (κ3) is 2.95. The first kappa shape index (κ1) is 14.1. The summed E-state index contributed by atoms with van der Waals surface area (Å²) < 4.78 is 7.60. The third-order valence-corrected chi connectivity index (χ3v) is 4.12. The van der Waals surface area contributed by atoms with Gasteiger partial charge in [-0.1, -0.05) is 25.1 Å². The van der Waals surface area contributed by atoms with E-state index in [-0.39, 0.29) is 0 Å². The van der Waals surface area contributed by atoms with Crippen LogP contribution in [0.15, 0.2) is 36.5 Å². The Hall–Kier alpha value is -1.81. The van der Waals surface area contributed by atoms with Crippen LogP contribution in [0, 0.1) is 0 Å². The summed E-state index contributed by atoms with van der Waals surface area (Å²) in [6.45, 7) is 3.69. The number of aromatic nitrogens is 2. The van der Waals surface area contributed by atoms with Crippen LogP contribution in [-0.2, 0) is 6.54 Å². The lowest BCUT2D eigenvalue weighted by Crippen LogP contribution is -2.18. The second-order valence-electron chi connectivity index (χ2n) is 5.60. The molecule has 2 aromatic rings. The number of ether oxygens (including phenoxy) is 1. The molecule has 0 fully saturated rings. The van der Waals surface area contributed by atoms with Gasteiger partial charge in [-0.25, -0.2) is 0 Å². The molecule has 1 aliphatic heterocycles. The van der Waals surface area contributed by atoms with E-state index >= 15 is 0 Å². The Morgan fingerprint density at radius 3 is 3.10 bits per heavy atom. The molecule has 2 heterocycles. The highest BCUT2D eigenvalue weighted by Crippen LogP contribution is 2.38. The highest BCUT2D eigenvalue weighted by molar-refractivity contribution is 5.37. The van der Waals surface area contributed by atoms with Gasteiger partial charge >= 0.3 is 0 Å². The van der Waals surface area contributed by atoms with Crippen LogP contribution in [0.5, 0.6) is 5.75 Å². The van der Waals surface area contributed by atoms with Gasteiger partial charge in [-0.15, -0.1) is 0 Å². The number of benzene rings is 1. The van der Waals surface area contributed by atoms with E-state index in [4.69, 9.17) is 4.74 Å². The van der Waals surface area contributed by atoms with Crippen molar-refractivity contribution in [2.24, 2.45) is 0 Å². The van der Waals surface area contributed by atoms with Gasteiger partial charge in [0, 0.05) is 12.7 Å². The van der Waals surface area contributed by atoms with Gasteiger partial charge in [0.15, 0.2) is 0 Å². The van der Waals surface area contributed by atoms with E-state index < -0.39 is 6.10 Å². The summed E-state index contributed by atoms with van der Waals surface area (Å²) >= 11 is 0. The summed E-state index contributed by atoms with van der Waals surface area (Å²) in [5, 5.41) is 14.9. The Labute approximate surface area is 125 Å². The molecule has 0 saturated carbocycles. The fraction of sp³-hybridized carbons (Fsp3) is 0.471. The van der Waals surface area contributed by atoms with Crippen LogP contribution in [0.4, 0.5) is 0 Å². The van der Waals surface area contributed by atoms with Crippen LogP contribution >= 0.6 is 0 Å². The molecular weight excluding hydrogens is 264 g/mol. The highest BCUT2D eigenvalue weighted by atomic mass is 16.5. The minimum Gasteiger partial charge on any atom is -0.493 e. The van der Waals surface area contributed by atoms with Crippen molar-refractivity contribution in [3.05, 3.63) is 47.8 Å². The molecular formula is C17H22N2O2. The van der Waals surface area contributed by atoms with Crippen molar-refractivity contribution in [1.82, 2.24) is 9.78 Å². The summed E-state index contributed by atoms with van der Waals surface area (Å²) in [6, 6.07) is 10.1. The number of fused-ring (bicyclic) bond motifs is 1. The molecule has 0 spiro atoms. The zero-order chi connectivity index (χ0) is 14.7. The van der Waals surface area contributed by atoms with Gasteiger partial charge in [-0.3, -0.25) is 4.68 Å². The van der Waals surface area contributed by atoms with E-state index in [0.717, 1.165) is 43.9 Å². The fourth-order valence-corrected chi connectivity index (χ4v) is 3.08. The molecule has 0 bridgehead atoms. The Balaban J connectivity index is 1.76. The van der Waals surface area contributed by atoms with Gasteiger partial charge in [0.1, 0.15) is 5.75 Å². The maximum Gasteiger partial charge on any atom is 0.122 e. The van der Waals surface area contributed by atoms with Gasteiger partial charge in [-0.2, -0.15) is 5.10 Å². The molecule has 4 nitrogen and oxygen atoms in total. The zero-order valence-electron chi connectivity index (χ0n) is 12.4. The van der Waals surface area contributed by atoms with Crippen LogP contribution in [0.3, 0.4) is 0 Å². The van der Waals surface area contributed by atoms with E-state index in [0.29, 0.717) is 5.92 Å². The maximum atomic E-state index is 10.6. The molecule has 0 saturated heterocycles. The minimum absolute atomic E-state index is 0.343. The van der Waals surface area contributed by atoms with Crippen molar-refractivity contribution < 1.29 is 9.84 Å². The number of hydrogen-bond acceptors (Lipinski definition) is 3. The van der Waals surface area contributed by atoms with Crippen molar-refractivity contribution in [2.45, 2.75) is 44.8 Å². The molecule has 0 aliphatic carbocycles. The summed E-state index contributed by atoms with van der Waals surface area (Å²) in [5.41, 5.74) is 2.13. The predicted molar refractivity (Wildman–Crippen MR) is 81.4 cm³/mol. The zero-order valence-corrected chi connectivity index (χ0v) is 12.4. The van der Waals surface area contributed by atoms with Crippen LogP contribution in [0.2, 0.25) is 0 Å². The fourth-order valence-electron chi connectivity index (χ4n) is 3.08. The first-order chi connectivity index (χ1) is 10.3. The molecule has 0 amide bonds. The average Bonchev–Trinajstić information content (AvgIpc) is 2.96. The molecule has 1 aromatic carbocycles. The molecule has 1 N–H and O–H groups in total. The van der Waals surface area contributed by atoms with Crippen LogP contribution < -0.4 is 4.74 Å². The van der Waals surface area contributed by atoms with Crippen LogP contribution in [-0.4, -0.2) is 21.5 Å². The lowest BCUT2D eigenvalue weighted by atomic mass is 9.87. The van der Waals surface area contributed by atoms with Gasteiger partial charge in [0.2, 0.25) is 0 Å². The van der Waals surface area contributed by atoms with Crippen molar-refractivity contribution in [3.8, 4) is 5.75 Å². The van der Waals surface area contributed by atoms with Crippen molar-refractivity contribution >= 4 is 0 Å². The molecule has 1 aliphatic rings. The number of para-hydroxylation sites is 1. The molecule has 21 heavy (non-hydrogen) atoms. The van der Waals surface area contributed by atoms with Crippen molar-refractivity contribution in [1.29, 1.82) is 0 Å². The van der Waals surface area contributed by atoms with Gasteiger partial charge in [-0.05, 0) is 42.9 Å². The topological polar surface area (TPSA) is 47.3 Å². The van der Waals surface area contributed by atoms with Crippen LogP contribution in [0.1, 0.15) is 49.5 Å². The summed E-state index contributed by atoms with van der Waals surface area (Å²) in [5.74, 6) is 1.30. The standard InChI is InChI=1S/C17H22N2O2/c1-2-10-19-15(7-9-18-19)16(20)12-13-8-11-21-17-6-4-3-5-14(13)17/h3-7,9,13,16,20H,2,8,10-12H2,1H3. The molecule has 1 aromatic heterocycles. The smallest absolute Gasteiger partial charge is 0.122 e. The predicted octanol–water partition coefficient (Wildman–Crippen LogP) is 3.28. The Morgan fingerprint density at radius 1 is 1.38 bits per heavy atom. The number of aryl methyl sites for hydroxylation is 1. The third-order valence-electron chi connectivity index (χ3n) is 4.12. The quantitative estimate of drug-likeness (QED) is 0.917. The van der Waals surface area contributed by atoms with E-state index in [2.05, 4.69) is 18.1 Å². The molecule has 2 unspecified atom stereocenters. The maximum absolute atomic E-state index is 10.6. The Kier molecular flexibility index (Phi) is 4.25. The average molecular weight is 286 g/mol. The summed E-state index contributed by atoms with van der Waals surface area (Å²) in [7, 11) is 0. The molecule has 3 rings (SSSR count). The lowest BCUT2D eigenvalue weighted by molar-refractivity contribution is 0.135. The number of aliphatic hydroxyl groups excluding tert-OH is 1. The van der Waals surface area contributed by atoms with E-state index in [1.165, 1.54) is 5.56 Å². The van der Waals surface area contributed by atoms with E-state index in [9.17, 15) is 5.11 Å². The lowest BCUT2D eigenvalue weighted by Gasteiger charge is -2.27.